The van der Waals surface area contributed by atoms with Crippen molar-refractivity contribution in [1.82, 2.24) is 19.6 Å². The Morgan fingerprint density at radius 3 is 2.48 bits per heavy atom. The lowest BCUT2D eigenvalue weighted by molar-refractivity contribution is -0.142. The molecule has 0 aliphatic carbocycles. The fraction of sp³-hybridized carbons (Fsp3) is 0.273. The maximum Gasteiger partial charge on any atom is 0.328 e. The van der Waals surface area contributed by atoms with Crippen LogP contribution in [0.1, 0.15) is 13.8 Å². The van der Waals surface area contributed by atoms with Gasteiger partial charge in [-0.2, -0.15) is 4.52 Å². The number of halogens is 1. The first-order valence-electron chi connectivity index (χ1n) is 9.76. The molecule has 8 nitrogen and oxygen atoms in total. The highest BCUT2D eigenvalue weighted by molar-refractivity contribution is 9.10. The van der Waals surface area contributed by atoms with E-state index < -0.39 is 6.04 Å². The highest BCUT2D eigenvalue weighted by Crippen LogP contribution is 2.29. The minimum Gasteiger partial charge on any atom is -0.497 e. The molecule has 2 heterocycles. The average Bonchev–Trinajstić information content (AvgIpc) is 3.23. The summed E-state index contributed by atoms with van der Waals surface area (Å²) in [5, 5.41) is 8.74. The van der Waals surface area contributed by atoms with E-state index in [0.29, 0.717) is 17.4 Å². The van der Waals surface area contributed by atoms with E-state index in [1.54, 1.807) is 11.6 Å². The summed E-state index contributed by atoms with van der Waals surface area (Å²) in [5.41, 5.74) is 2.19. The number of nitrogens with zero attached hydrogens (tertiary/aromatic N) is 4. The number of fused-ring (bicyclic) bond motifs is 3. The largest absolute Gasteiger partial charge is 0.497 e. The molecule has 0 unspecified atom stereocenters. The number of para-hydroxylation sites is 1. The van der Waals surface area contributed by atoms with E-state index >= 15 is 0 Å². The van der Waals surface area contributed by atoms with E-state index in [1.165, 1.54) is 7.11 Å². The summed E-state index contributed by atoms with van der Waals surface area (Å²) >= 11 is 3.57. The average molecular weight is 484 g/mol. The van der Waals surface area contributed by atoms with Gasteiger partial charge in [0.05, 0.1) is 19.7 Å². The maximum absolute atomic E-state index is 12.3. The molecule has 0 saturated carbocycles. The van der Waals surface area contributed by atoms with Crippen LogP contribution in [-0.2, 0) is 9.53 Å². The molecule has 0 spiro atoms. The first-order valence-corrected chi connectivity index (χ1v) is 10.6. The van der Waals surface area contributed by atoms with Crippen molar-refractivity contribution in [3.63, 3.8) is 0 Å². The molecule has 0 radical (unpaired) electrons. The summed E-state index contributed by atoms with van der Waals surface area (Å²) < 4.78 is 12.7. The summed E-state index contributed by atoms with van der Waals surface area (Å²) in [4.78, 5) is 21.9. The molecule has 0 bridgehead atoms. The van der Waals surface area contributed by atoms with Gasteiger partial charge in [0.25, 0.3) is 0 Å². The van der Waals surface area contributed by atoms with E-state index in [1.807, 2.05) is 56.3 Å². The van der Waals surface area contributed by atoms with Crippen molar-refractivity contribution in [2.45, 2.75) is 19.9 Å². The van der Waals surface area contributed by atoms with Gasteiger partial charge in [-0.05, 0) is 58.2 Å². The fourth-order valence-corrected chi connectivity index (χ4v) is 3.77. The molecule has 0 aliphatic rings. The number of hydrogen-bond donors (Lipinski definition) is 1. The zero-order chi connectivity index (χ0) is 22.1. The minimum atomic E-state index is -0.589. The Morgan fingerprint density at radius 1 is 1.10 bits per heavy atom. The molecule has 2 aromatic carbocycles. The van der Waals surface area contributed by atoms with Crippen molar-refractivity contribution in [3.05, 3.63) is 46.9 Å². The highest BCUT2D eigenvalue weighted by Gasteiger charge is 2.26. The second-order valence-corrected chi connectivity index (χ2v) is 8.21. The van der Waals surface area contributed by atoms with Gasteiger partial charge in [-0.3, -0.25) is 0 Å². The quantitative estimate of drug-likeness (QED) is 0.408. The molecule has 9 heteroatoms. The van der Waals surface area contributed by atoms with Crippen LogP contribution >= 0.6 is 15.9 Å². The number of anilines is 1. The molecule has 160 valence electrons. The Kier molecular flexibility index (Phi) is 5.77. The van der Waals surface area contributed by atoms with Gasteiger partial charge >= 0.3 is 5.97 Å². The molecular formula is C22H22BrN5O3. The second kappa shape index (κ2) is 8.50. The van der Waals surface area contributed by atoms with Crippen molar-refractivity contribution in [2.24, 2.45) is 5.92 Å². The van der Waals surface area contributed by atoms with Gasteiger partial charge in [-0.15, -0.1) is 5.10 Å². The van der Waals surface area contributed by atoms with E-state index in [9.17, 15) is 4.79 Å². The van der Waals surface area contributed by atoms with Gasteiger partial charge in [0.15, 0.2) is 11.5 Å². The van der Waals surface area contributed by atoms with Crippen LogP contribution in [0.5, 0.6) is 5.75 Å². The number of aromatic nitrogens is 4. The number of carbonyl (C=O) groups is 1. The lowest BCUT2D eigenvalue weighted by Gasteiger charge is -2.20. The third-order valence-electron chi connectivity index (χ3n) is 5.01. The smallest absolute Gasteiger partial charge is 0.328 e. The first-order chi connectivity index (χ1) is 14.9. The number of carbonyl (C=O) groups excluding carboxylic acids is 1. The molecule has 2 aromatic heterocycles. The van der Waals surface area contributed by atoms with Crippen molar-refractivity contribution < 1.29 is 14.3 Å². The van der Waals surface area contributed by atoms with Gasteiger partial charge in [-0.25, -0.2) is 14.8 Å². The van der Waals surface area contributed by atoms with Gasteiger partial charge < -0.3 is 14.8 Å². The lowest BCUT2D eigenvalue weighted by atomic mass is 10.1. The molecule has 4 aromatic rings. The van der Waals surface area contributed by atoms with Crippen LogP contribution in [0.3, 0.4) is 0 Å². The van der Waals surface area contributed by atoms with Crippen LogP contribution in [0.15, 0.2) is 46.9 Å². The minimum absolute atomic E-state index is 0.0243. The Hall–Kier alpha value is -3.20. The predicted molar refractivity (Wildman–Crippen MR) is 122 cm³/mol. The SMILES string of the molecule is COC(=O)[C@H](Nc1nc2c(Br)cccc2c2nc(-c3ccc(OC)cc3)nn12)C(C)C. The number of benzene rings is 2. The number of ether oxygens (including phenoxy) is 2. The van der Waals surface area contributed by atoms with Gasteiger partial charge in [0, 0.05) is 15.4 Å². The van der Waals surface area contributed by atoms with Crippen molar-refractivity contribution in [1.29, 1.82) is 0 Å². The third kappa shape index (κ3) is 3.93. The topological polar surface area (TPSA) is 90.6 Å². The van der Waals surface area contributed by atoms with Crippen LogP contribution in [0.2, 0.25) is 0 Å². The standard InChI is InChI=1S/C22H22BrN5O3/c1-12(2)17(21(29)31-4)24-22-25-18-15(6-5-7-16(18)23)20-26-19(27-28(20)22)13-8-10-14(30-3)11-9-13/h5-12,17H,1-4H3,(H,24,25)/t17-/m1/s1. The predicted octanol–water partition coefficient (Wildman–Crippen LogP) is 4.33. The Bertz CT molecular complexity index is 1250. The molecule has 0 aliphatic heterocycles. The van der Waals surface area contributed by atoms with Crippen molar-refractivity contribution in [2.75, 3.05) is 19.5 Å². The van der Waals surface area contributed by atoms with E-state index in [-0.39, 0.29) is 11.9 Å². The lowest BCUT2D eigenvalue weighted by Crippen LogP contribution is -2.36. The summed E-state index contributed by atoms with van der Waals surface area (Å²) in [7, 11) is 2.99. The van der Waals surface area contributed by atoms with Crippen LogP contribution in [0.4, 0.5) is 5.95 Å². The maximum atomic E-state index is 12.3. The highest BCUT2D eigenvalue weighted by atomic mass is 79.9. The summed E-state index contributed by atoms with van der Waals surface area (Å²) in [5.74, 6) is 1.31. The zero-order valence-electron chi connectivity index (χ0n) is 17.6. The Balaban J connectivity index is 1.92. The number of methoxy groups -OCH3 is 2. The molecule has 31 heavy (non-hydrogen) atoms. The van der Waals surface area contributed by atoms with Crippen LogP contribution in [0, 0.1) is 5.92 Å². The number of hydrogen-bond acceptors (Lipinski definition) is 7. The fourth-order valence-electron chi connectivity index (χ4n) is 3.32. The van der Waals surface area contributed by atoms with Gasteiger partial charge in [0.1, 0.15) is 11.8 Å². The second-order valence-electron chi connectivity index (χ2n) is 7.36. The third-order valence-corrected chi connectivity index (χ3v) is 5.65. The van der Waals surface area contributed by atoms with Gasteiger partial charge in [-0.1, -0.05) is 19.9 Å². The zero-order valence-corrected chi connectivity index (χ0v) is 19.2. The monoisotopic (exact) mass is 483 g/mol. The van der Waals surface area contributed by atoms with Crippen molar-refractivity contribution >= 4 is 44.4 Å². The molecule has 4 rings (SSSR count). The molecule has 1 atom stereocenters. The van der Waals surface area contributed by atoms with Crippen molar-refractivity contribution in [3.8, 4) is 17.1 Å². The molecule has 0 saturated heterocycles. The van der Waals surface area contributed by atoms with Crippen LogP contribution in [0.25, 0.3) is 27.9 Å². The first kappa shape index (κ1) is 21.0. The number of nitrogens with one attached hydrogen (secondary N) is 1. The normalized spacial score (nSPS) is 12.3. The van der Waals surface area contributed by atoms with Crippen LogP contribution in [-0.4, -0.2) is 45.8 Å². The molecule has 0 fully saturated rings. The van der Waals surface area contributed by atoms with E-state index in [4.69, 9.17) is 19.4 Å². The number of esters is 1. The van der Waals surface area contributed by atoms with E-state index in [0.717, 1.165) is 26.7 Å². The molecule has 0 amide bonds. The summed E-state index contributed by atoms with van der Waals surface area (Å²) in [6, 6.07) is 12.7. The Labute approximate surface area is 187 Å². The Morgan fingerprint density at radius 2 is 1.84 bits per heavy atom. The molecule has 1 N–H and O–H groups in total. The van der Waals surface area contributed by atoms with E-state index in [2.05, 4.69) is 26.3 Å². The summed E-state index contributed by atoms with van der Waals surface area (Å²) in [6.07, 6.45) is 0. The number of rotatable bonds is 6. The van der Waals surface area contributed by atoms with Gasteiger partial charge in [0.2, 0.25) is 5.95 Å². The molecular weight excluding hydrogens is 462 g/mol. The summed E-state index contributed by atoms with van der Waals surface area (Å²) in [6.45, 7) is 3.87. The van der Waals surface area contributed by atoms with Crippen LogP contribution < -0.4 is 10.1 Å².